The summed E-state index contributed by atoms with van der Waals surface area (Å²) < 4.78 is 0.890. The third-order valence-corrected chi connectivity index (χ3v) is 5.33. The second kappa shape index (κ2) is 7.48. The van der Waals surface area contributed by atoms with E-state index in [1.807, 2.05) is 36.5 Å². The van der Waals surface area contributed by atoms with Crippen LogP contribution in [0.3, 0.4) is 0 Å². The Morgan fingerprint density at radius 2 is 2.15 bits per heavy atom. The zero-order valence-electron chi connectivity index (χ0n) is 14.6. The molecule has 1 aliphatic heterocycles. The third kappa shape index (κ3) is 3.71. The van der Waals surface area contributed by atoms with Crippen LogP contribution in [0.4, 0.5) is 21.9 Å². The van der Waals surface area contributed by atoms with Gasteiger partial charge in [-0.15, -0.1) is 0 Å². The van der Waals surface area contributed by atoms with Crippen LogP contribution in [0.1, 0.15) is 12.8 Å². The highest BCUT2D eigenvalue weighted by molar-refractivity contribution is 9.10. The van der Waals surface area contributed by atoms with Crippen LogP contribution in [-0.2, 0) is 0 Å². The molecule has 0 saturated carbocycles. The molecular weight excluding hydrogens is 410 g/mol. The largest absolute Gasteiger partial charge is 0.465 e. The van der Waals surface area contributed by atoms with Crippen LogP contribution in [0, 0.1) is 0 Å². The molecule has 0 spiro atoms. The molecule has 2 aromatic heterocycles. The van der Waals surface area contributed by atoms with Crippen molar-refractivity contribution in [3.8, 4) is 0 Å². The number of piperidine rings is 1. The number of rotatable bonds is 4. The van der Waals surface area contributed by atoms with Gasteiger partial charge < -0.3 is 25.6 Å². The highest BCUT2D eigenvalue weighted by Crippen LogP contribution is 2.39. The molecule has 0 aliphatic carbocycles. The number of anilines is 3. The highest BCUT2D eigenvalue weighted by atomic mass is 79.9. The van der Waals surface area contributed by atoms with Gasteiger partial charge in [0.25, 0.3) is 0 Å². The topological polar surface area (TPSA) is 93.3 Å². The minimum atomic E-state index is -0.978. The molecule has 1 aliphatic rings. The van der Waals surface area contributed by atoms with Crippen molar-refractivity contribution in [2.24, 2.45) is 0 Å². The fourth-order valence-corrected chi connectivity index (χ4v) is 4.16. The molecule has 8 heteroatoms. The Balaban J connectivity index is 1.72. The fourth-order valence-electron chi connectivity index (χ4n) is 3.61. The SMILES string of the molecule is O=C(O)NC1CCCN(c2c(Br)cnc3[nH]cc(Nc4ccccc4)c23)C1. The first-order valence-corrected chi connectivity index (χ1v) is 9.63. The summed E-state index contributed by atoms with van der Waals surface area (Å²) >= 11 is 3.65. The summed E-state index contributed by atoms with van der Waals surface area (Å²) in [4.78, 5) is 21.0. The summed E-state index contributed by atoms with van der Waals surface area (Å²) in [5, 5.41) is 16.1. The Morgan fingerprint density at radius 1 is 1.33 bits per heavy atom. The first kappa shape index (κ1) is 17.7. The van der Waals surface area contributed by atoms with E-state index in [0.29, 0.717) is 6.54 Å². The van der Waals surface area contributed by atoms with Gasteiger partial charge in [0.05, 0.1) is 21.2 Å². The van der Waals surface area contributed by atoms with E-state index in [4.69, 9.17) is 5.11 Å². The van der Waals surface area contributed by atoms with Crippen LogP contribution in [0.15, 0.2) is 47.2 Å². The number of nitrogens with zero attached hydrogens (tertiary/aromatic N) is 2. The minimum absolute atomic E-state index is 0.0872. The van der Waals surface area contributed by atoms with Crippen molar-refractivity contribution in [1.29, 1.82) is 0 Å². The van der Waals surface area contributed by atoms with Gasteiger partial charge in [0.1, 0.15) is 5.65 Å². The van der Waals surface area contributed by atoms with Crippen molar-refractivity contribution in [2.75, 3.05) is 23.3 Å². The Labute approximate surface area is 164 Å². The summed E-state index contributed by atoms with van der Waals surface area (Å²) in [6.45, 7) is 1.49. The Bertz CT molecular complexity index is 959. The molecule has 7 nitrogen and oxygen atoms in total. The molecule has 1 unspecified atom stereocenters. The molecule has 1 aromatic carbocycles. The number of carbonyl (C=O) groups is 1. The average Bonchev–Trinajstić information content (AvgIpc) is 3.05. The quantitative estimate of drug-likeness (QED) is 0.495. The molecule has 4 N–H and O–H groups in total. The number of aromatic nitrogens is 2. The van der Waals surface area contributed by atoms with E-state index in [2.05, 4.69) is 41.4 Å². The lowest BCUT2D eigenvalue weighted by Crippen LogP contribution is -2.47. The van der Waals surface area contributed by atoms with E-state index in [0.717, 1.165) is 52.0 Å². The van der Waals surface area contributed by atoms with E-state index in [1.165, 1.54) is 0 Å². The number of H-pyrrole nitrogens is 1. The zero-order chi connectivity index (χ0) is 18.8. The molecule has 1 amide bonds. The number of hydrogen-bond acceptors (Lipinski definition) is 4. The molecule has 1 saturated heterocycles. The maximum absolute atomic E-state index is 11.0. The van der Waals surface area contributed by atoms with E-state index in [9.17, 15) is 4.79 Å². The predicted octanol–water partition coefficient (Wildman–Crippen LogP) is 4.31. The van der Waals surface area contributed by atoms with Gasteiger partial charge in [0.15, 0.2) is 0 Å². The van der Waals surface area contributed by atoms with Gasteiger partial charge in [0, 0.05) is 37.2 Å². The molecule has 1 fully saturated rings. The summed E-state index contributed by atoms with van der Waals surface area (Å²) in [6, 6.07) is 9.89. The summed E-state index contributed by atoms with van der Waals surface area (Å²) in [7, 11) is 0. The lowest BCUT2D eigenvalue weighted by atomic mass is 10.0. The standard InChI is InChI=1S/C19H20BrN5O2/c20-14-9-21-18-16(15(10-22-18)23-12-5-2-1-3-6-12)17(14)25-8-4-7-13(11-25)24-19(26)27/h1-3,5-6,9-10,13,23-24H,4,7-8,11H2,(H,21,22)(H,26,27). The van der Waals surface area contributed by atoms with Crippen molar-refractivity contribution in [2.45, 2.75) is 18.9 Å². The van der Waals surface area contributed by atoms with E-state index < -0.39 is 6.09 Å². The van der Waals surface area contributed by atoms with Crippen LogP contribution in [-0.4, -0.2) is 40.3 Å². The Hall–Kier alpha value is -2.74. The third-order valence-electron chi connectivity index (χ3n) is 4.75. The number of para-hydroxylation sites is 1. The second-order valence-electron chi connectivity index (χ2n) is 6.61. The molecule has 3 aromatic rings. The maximum Gasteiger partial charge on any atom is 0.404 e. The molecule has 1 atom stereocenters. The van der Waals surface area contributed by atoms with Crippen LogP contribution in [0.25, 0.3) is 11.0 Å². The number of nitrogens with one attached hydrogen (secondary N) is 3. The minimum Gasteiger partial charge on any atom is -0.465 e. The van der Waals surface area contributed by atoms with Crippen molar-refractivity contribution in [3.63, 3.8) is 0 Å². The number of fused-ring (bicyclic) bond motifs is 1. The summed E-state index contributed by atoms with van der Waals surface area (Å²) in [6.07, 6.45) is 4.49. The zero-order valence-corrected chi connectivity index (χ0v) is 16.2. The summed E-state index contributed by atoms with van der Waals surface area (Å²) in [5.41, 5.74) is 3.75. The number of benzene rings is 1. The maximum atomic E-state index is 11.0. The first-order chi connectivity index (χ1) is 13.1. The van der Waals surface area contributed by atoms with Gasteiger partial charge in [-0.1, -0.05) is 18.2 Å². The molecule has 0 bridgehead atoms. The van der Waals surface area contributed by atoms with E-state index in [1.54, 1.807) is 6.20 Å². The van der Waals surface area contributed by atoms with Crippen LogP contribution in [0.2, 0.25) is 0 Å². The van der Waals surface area contributed by atoms with Crippen molar-refractivity contribution in [3.05, 3.63) is 47.2 Å². The Kier molecular flexibility index (Phi) is 4.89. The molecular formula is C19H20BrN5O2. The lowest BCUT2D eigenvalue weighted by Gasteiger charge is -2.35. The number of hydrogen-bond donors (Lipinski definition) is 4. The highest BCUT2D eigenvalue weighted by Gasteiger charge is 2.25. The summed E-state index contributed by atoms with van der Waals surface area (Å²) in [5.74, 6) is 0. The fraction of sp³-hybridized carbons (Fsp3) is 0.263. The van der Waals surface area contributed by atoms with Gasteiger partial charge in [-0.25, -0.2) is 9.78 Å². The van der Waals surface area contributed by atoms with Gasteiger partial charge in [-0.2, -0.15) is 0 Å². The average molecular weight is 430 g/mol. The number of amides is 1. The molecule has 0 radical (unpaired) electrons. The van der Waals surface area contributed by atoms with Gasteiger partial charge in [-0.3, -0.25) is 0 Å². The number of carboxylic acid groups (broad SMARTS) is 1. The monoisotopic (exact) mass is 429 g/mol. The van der Waals surface area contributed by atoms with Crippen molar-refractivity contribution >= 4 is 50.1 Å². The van der Waals surface area contributed by atoms with Crippen LogP contribution < -0.4 is 15.5 Å². The van der Waals surface area contributed by atoms with Crippen LogP contribution >= 0.6 is 15.9 Å². The van der Waals surface area contributed by atoms with Gasteiger partial charge in [0.2, 0.25) is 0 Å². The van der Waals surface area contributed by atoms with Crippen molar-refractivity contribution < 1.29 is 9.90 Å². The first-order valence-electron chi connectivity index (χ1n) is 8.84. The van der Waals surface area contributed by atoms with Gasteiger partial charge >= 0.3 is 6.09 Å². The predicted molar refractivity (Wildman–Crippen MR) is 110 cm³/mol. The van der Waals surface area contributed by atoms with E-state index in [-0.39, 0.29) is 6.04 Å². The molecule has 4 rings (SSSR count). The smallest absolute Gasteiger partial charge is 0.404 e. The Morgan fingerprint density at radius 3 is 2.93 bits per heavy atom. The number of halogens is 1. The van der Waals surface area contributed by atoms with Crippen molar-refractivity contribution in [1.82, 2.24) is 15.3 Å². The number of aromatic amines is 1. The van der Waals surface area contributed by atoms with Crippen LogP contribution in [0.5, 0.6) is 0 Å². The number of pyridine rings is 1. The van der Waals surface area contributed by atoms with Gasteiger partial charge in [-0.05, 0) is 40.9 Å². The molecule has 27 heavy (non-hydrogen) atoms. The normalized spacial score (nSPS) is 17.1. The van der Waals surface area contributed by atoms with E-state index >= 15 is 0 Å². The molecule has 3 heterocycles. The second-order valence-corrected chi connectivity index (χ2v) is 7.46. The lowest BCUT2D eigenvalue weighted by molar-refractivity contribution is 0.188. The molecule has 140 valence electrons.